The molecule has 1 atom stereocenters. The molecule has 272 valence electrons. The summed E-state index contributed by atoms with van der Waals surface area (Å²) >= 11 is 0. The van der Waals surface area contributed by atoms with Gasteiger partial charge in [0.05, 0.1) is 17.5 Å². The van der Waals surface area contributed by atoms with Crippen LogP contribution >= 0.6 is 0 Å². The fourth-order valence-electron chi connectivity index (χ4n) is 8.53. The van der Waals surface area contributed by atoms with Crippen molar-refractivity contribution in [3.8, 4) is 17.2 Å². The maximum absolute atomic E-state index is 14.5. The van der Waals surface area contributed by atoms with E-state index in [9.17, 15) is 18.0 Å². The maximum Gasteiger partial charge on any atom is 0.258 e. The summed E-state index contributed by atoms with van der Waals surface area (Å²) in [6.45, 7) is 9.10. The Morgan fingerprint density at radius 3 is 2.50 bits per heavy atom. The van der Waals surface area contributed by atoms with Crippen molar-refractivity contribution in [1.29, 1.82) is 0 Å². The van der Waals surface area contributed by atoms with Crippen molar-refractivity contribution in [2.45, 2.75) is 89.6 Å². The number of ether oxygens (including phenoxy) is 2. The van der Waals surface area contributed by atoms with Crippen molar-refractivity contribution in [1.82, 2.24) is 24.8 Å². The minimum Gasteiger partial charge on any atom is -0.490 e. The molecule has 2 aromatic carbocycles. The van der Waals surface area contributed by atoms with Gasteiger partial charge in [-0.1, -0.05) is 30.3 Å². The molecule has 0 radical (unpaired) electrons. The quantitative estimate of drug-likeness (QED) is 0.166. The molecule has 1 saturated heterocycles. The number of benzene rings is 2. The Bertz CT molecular complexity index is 1940. The van der Waals surface area contributed by atoms with Crippen LogP contribution in [0.25, 0.3) is 0 Å². The molecule has 2 saturated carbocycles. The largest absolute Gasteiger partial charge is 0.490 e. The molecule has 4 aliphatic rings. The van der Waals surface area contributed by atoms with E-state index in [-0.39, 0.29) is 34.9 Å². The summed E-state index contributed by atoms with van der Waals surface area (Å²) in [7, 11) is 0. The third kappa shape index (κ3) is 6.57. The van der Waals surface area contributed by atoms with E-state index in [0.29, 0.717) is 11.6 Å². The highest BCUT2D eigenvalue weighted by Gasteiger charge is 2.55. The maximum atomic E-state index is 14.5. The summed E-state index contributed by atoms with van der Waals surface area (Å²) in [4.78, 5) is 33.1. The number of alkyl halides is 2. The molecule has 4 heterocycles. The highest BCUT2D eigenvalue weighted by molar-refractivity contribution is 5.97. The van der Waals surface area contributed by atoms with Crippen LogP contribution < -0.4 is 14.4 Å². The molecule has 1 unspecified atom stereocenters. The first-order valence-electron chi connectivity index (χ1n) is 18.1. The van der Waals surface area contributed by atoms with Crippen LogP contribution in [0.2, 0.25) is 0 Å². The van der Waals surface area contributed by atoms with E-state index in [1.165, 1.54) is 40.7 Å². The molecule has 2 aliphatic heterocycles. The van der Waals surface area contributed by atoms with Gasteiger partial charge in [-0.2, -0.15) is 0 Å². The van der Waals surface area contributed by atoms with Gasteiger partial charge < -0.3 is 19.3 Å². The number of halogens is 3. The molecular weight excluding hydrogens is 669 g/mol. The van der Waals surface area contributed by atoms with Crippen molar-refractivity contribution in [3.63, 3.8) is 0 Å². The zero-order chi connectivity index (χ0) is 36.2. The molecule has 1 amide bonds. The number of anilines is 1. The summed E-state index contributed by atoms with van der Waals surface area (Å²) in [5.74, 6) is -2.05. The first-order chi connectivity index (χ1) is 25.0. The lowest BCUT2D eigenvalue weighted by atomic mass is 9.61. The zero-order valence-corrected chi connectivity index (χ0v) is 29.6. The number of fused-ring (bicyclic) bond motifs is 1. The standard InChI is InChI=1S/C40H43F3N6O3/c1-25(2)49(29-16-40(42,43)17-29)38(50)31-15-28(41)9-10-33(31)52-35-20-44-24-46-37(35)48-22-39(23-48)18-30(19-39)51-34-11-13-45-32-12-14-47(26(3)36(32)34)21-27-7-5-4-6-8-27/h4-11,13,15,20,24-26,29-30H,12,14,16-19,21-23H2,1-3H3. The lowest BCUT2D eigenvalue weighted by Gasteiger charge is -2.59. The first-order valence-corrected chi connectivity index (χ1v) is 18.1. The second-order valence-corrected chi connectivity index (χ2v) is 15.2. The van der Waals surface area contributed by atoms with E-state index < -0.39 is 36.5 Å². The lowest BCUT2D eigenvalue weighted by Crippen LogP contribution is -2.65. The SMILES string of the molecule is CC1c2c(OC3CC4(C3)CN(c3ncncc3Oc3ccc(F)cc3C(=O)N(C(C)C)C3CC(F)(F)C3)C4)ccnc2CCN1Cc1ccccc1. The average Bonchev–Trinajstić information content (AvgIpc) is 3.07. The van der Waals surface area contributed by atoms with Crippen LogP contribution in [0.4, 0.5) is 19.0 Å². The second-order valence-electron chi connectivity index (χ2n) is 15.2. The summed E-state index contributed by atoms with van der Waals surface area (Å²) in [6.07, 6.45) is 6.80. The molecule has 2 aliphatic carbocycles. The average molecular weight is 713 g/mol. The van der Waals surface area contributed by atoms with Gasteiger partial charge in [-0.05, 0) is 63.4 Å². The highest BCUT2D eigenvalue weighted by atomic mass is 19.3. The van der Waals surface area contributed by atoms with Gasteiger partial charge in [0.15, 0.2) is 11.6 Å². The van der Waals surface area contributed by atoms with Crippen LogP contribution in [0, 0.1) is 11.2 Å². The molecular formula is C40H43F3N6O3. The molecule has 9 nitrogen and oxygen atoms in total. The Hall–Kier alpha value is -4.71. The number of hydrogen-bond acceptors (Lipinski definition) is 8. The summed E-state index contributed by atoms with van der Waals surface area (Å²) in [5.41, 5.74) is 3.64. The van der Waals surface area contributed by atoms with Crippen molar-refractivity contribution >= 4 is 11.7 Å². The lowest BCUT2D eigenvalue weighted by molar-refractivity contribution is -0.120. The highest BCUT2D eigenvalue weighted by Crippen LogP contribution is 2.52. The van der Waals surface area contributed by atoms with Gasteiger partial charge >= 0.3 is 0 Å². The smallest absolute Gasteiger partial charge is 0.258 e. The number of amides is 1. The fraction of sp³-hybridized carbons (Fsp3) is 0.450. The van der Waals surface area contributed by atoms with E-state index in [4.69, 9.17) is 14.5 Å². The number of rotatable bonds is 10. The Labute approximate surface area is 301 Å². The van der Waals surface area contributed by atoms with E-state index in [0.717, 1.165) is 63.0 Å². The first kappa shape index (κ1) is 34.4. The van der Waals surface area contributed by atoms with Crippen LogP contribution in [-0.2, 0) is 13.0 Å². The number of hydrogen-bond donors (Lipinski definition) is 0. The van der Waals surface area contributed by atoms with Crippen LogP contribution in [0.15, 0.2) is 73.3 Å². The monoisotopic (exact) mass is 712 g/mol. The predicted octanol–water partition coefficient (Wildman–Crippen LogP) is 7.62. The van der Waals surface area contributed by atoms with Crippen molar-refractivity contribution in [2.75, 3.05) is 24.5 Å². The van der Waals surface area contributed by atoms with E-state index in [2.05, 4.69) is 51.0 Å². The van der Waals surface area contributed by atoms with Crippen LogP contribution in [0.1, 0.15) is 79.7 Å². The number of pyridine rings is 1. The van der Waals surface area contributed by atoms with E-state index in [1.54, 1.807) is 13.8 Å². The molecule has 2 aromatic heterocycles. The molecule has 0 N–H and O–H groups in total. The summed E-state index contributed by atoms with van der Waals surface area (Å²) in [6, 6.07) is 15.4. The van der Waals surface area contributed by atoms with Crippen molar-refractivity contribution < 1.29 is 27.4 Å². The number of nitrogens with zero attached hydrogens (tertiary/aromatic N) is 6. The van der Waals surface area contributed by atoms with Gasteiger partial charge in [0.1, 0.15) is 29.7 Å². The molecule has 8 rings (SSSR count). The number of carbonyl (C=O) groups is 1. The van der Waals surface area contributed by atoms with Crippen molar-refractivity contribution in [2.24, 2.45) is 5.41 Å². The van der Waals surface area contributed by atoms with Crippen LogP contribution in [0.3, 0.4) is 0 Å². The Morgan fingerprint density at radius 2 is 1.77 bits per heavy atom. The van der Waals surface area contributed by atoms with Gasteiger partial charge in [-0.3, -0.25) is 14.7 Å². The van der Waals surface area contributed by atoms with Gasteiger partial charge in [0.2, 0.25) is 0 Å². The number of carbonyl (C=O) groups excluding carboxylic acids is 1. The second kappa shape index (κ2) is 13.4. The minimum atomic E-state index is -2.81. The number of aromatic nitrogens is 3. The van der Waals surface area contributed by atoms with Gasteiger partial charge in [0.25, 0.3) is 11.8 Å². The summed E-state index contributed by atoms with van der Waals surface area (Å²) < 4.78 is 55.0. The molecule has 3 fully saturated rings. The van der Waals surface area contributed by atoms with E-state index in [1.807, 2.05) is 18.3 Å². The predicted molar refractivity (Wildman–Crippen MR) is 189 cm³/mol. The topological polar surface area (TPSA) is 83.9 Å². The van der Waals surface area contributed by atoms with Gasteiger partial charge in [-0.15, -0.1) is 0 Å². The van der Waals surface area contributed by atoms with Crippen molar-refractivity contribution in [3.05, 3.63) is 102 Å². The van der Waals surface area contributed by atoms with Crippen LogP contribution in [0.5, 0.6) is 17.2 Å². The fourth-order valence-corrected chi connectivity index (χ4v) is 8.53. The molecule has 0 bridgehead atoms. The molecule has 12 heteroatoms. The summed E-state index contributed by atoms with van der Waals surface area (Å²) in [5, 5.41) is 0. The molecule has 4 aromatic rings. The Balaban J connectivity index is 0.923. The molecule has 52 heavy (non-hydrogen) atoms. The Morgan fingerprint density at radius 1 is 1.00 bits per heavy atom. The van der Waals surface area contributed by atoms with Gasteiger partial charge in [-0.25, -0.2) is 23.1 Å². The Kier molecular flexibility index (Phi) is 8.84. The third-order valence-corrected chi connectivity index (χ3v) is 11.1. The van der Waals surface area contributed by atoms with E-state index >= 15 is 0 Å². The molecule has 1 spiro atoms. The van der Waals surface area contributed by atoms with Gasteiger partial charge in [0, 0.05) is 80.7 Å². The zero-order valence-electron chi connectivity index (χ0n) is 29.6. The third-order valence-electron chi connectivity index (χ3n) is 11.1. The van der Waals surface area contributed by atoms with Crippen LogP contribution in [-0.4, -0.2) is 74.4 Å². The normalized spacial score (nSPS) is 20.8. The minimum absolute atomic E-state index is 0.0337.